The van der Waals surface area contributed by atoms with Crippen LogP contribution in [0.15, 0.2) is 22.7 Å². The molecule has 90 valence electrons. The lowest BCUT2D eigenvalue weighted by atomic mass is 10.2. The molecule has 0 unspecified atom stereocenters. The molecule has 0 fully saturated rings. The maximum atomic E-state index is 13.1. The van der Waals surface area contributed by atoms with Gasteiger partial charge in [-0.15, -0.1) is 0 Å². The molecule has 6 heteroatoms. The first kappa shape index (κ1) is 12.3. The molecule has 1 heterocycles. The minimum absolute atomic E-state index is 0.245. The molecule has 0 saturated heterocycles. The van der Waals surface area contributed by atoms with E-state index in [1.54, 1.807) is 6.07 Å². The first-order chi connectivity index (χ1) is 8.08. The quantitative estimate of drug-likeness (QED) is 0.910. The number of halogens is 2. The molecule has 0 amide bonds. The number of aromatic nitrogens is 1. The van der Waals surface area contributed by atoms with Gasteiger partial charge in [0, 0.05) is 16.6 Å². The summed E-state index contributed by atoms with van der Waals surface area (Å²) in [6.07, 6.45) is 0. The van der Waals surface area contributed by atoms with Crippen molar-refractivity contribution in [2.45, 2.75) is 13.5 Å². The molecule has 0 spiro atoms. The summed E-state index contributed by atoms with van der Waals surface area (Å²) in [6, 6.07) is 4.61. The molecule has 1 aromatic heterocycles. The monoisotopic (exact) mass is 315 g/mol. The van der Waals surface area contributed by atoms with Gasteiger partial charge < -0.3 is 11.1 Å². The number of rotatable bonds is 3. The van der Waals surface area contributed by atoms with E-state index in [0.29, 0.717) is 12.4 Å². The Morgan fingerprint density at radius 1 is 1.53 bits per heavy atom. The predicted octanol–water partition coefficient (Wildman–Crippen LogP) is 3.55. The number of anilines is 2. The van der Waals surface area contributed by atoms with Crippen molar-refractivity contribution in [2.75, 3.05) is 11.1 Å². The van der Waals surface area contributed by atoms with Gasteiger partial charge in [0.1, 0.15) is 16.6 Å². The van der Waals surface area contributed by atoms with E-state index in [1.165, 1.54) is 23.7 Å². The van der Waals surface area contributed by atoms with Crippen molar-refractivity contribution in [3.63, 3.8) is 0 Å². The van der Waals surface area contributed by atoms with Crippen LogP contribution in [0.4, 0.5) is 15.2 Å². The number of hydrogen-bond acceptors (Lipinski definition) is 4. The van der Waals surface area contributed by atoms with Crippen molar-refractivity contribution in [3.05, 3.63) is 39.6 Å². The van der Waals surface area contributed by atoms with Crippen molar-refractivity contribution in [3.8, 4) is 0 Å². The van der Waals surface area contributed by atoms with E-state index in [2.05, 4.69) is 25.6 Å². The molecule has 0 radical (unpaired) electrons. The normalized spacial score (nSPS) is 10.5. The van der Waals surface area contributed by atoms with E-state index in [9.17, 15) is 4.39 Å². The zero-order valence-electron chi connectivity index (χ0n) is 9.13. The van der Waals surface area contributed by atoms with Gasteiger partial charge in [-0.05, 0) is 42.2 Å². The van der Waals surface area contributed by atoms with Gasteiger partial charge in [-0.1, -0.05) is 15.9 Å². The molecule has 0 aliphatic carbocycles. The fourth-order valence-corrected chi connectivity index (χ4v) is 2.46. The molecule has 1 aromatic carbocycles. The van der Waals surface area contributed by atoms with Gasteiger partial charge >= 0.3 is 0 Å². The van der Waals surface area contributed by atoms with Crippen molar-refractivity contribution < 1.29 is 4.39 Å². The van der Waals surface area contributed by atoms with Crippen molar-refractivity contribution in [2.24, 2.45) is 0 Å². The van der Waals surface area contributed by atoms with Crippen LogP contribution in [0.25, 0.3) is 0 Å². The molecule has 3 nitrogen and oxygen atoms in total. The summed E-state index contributed by atoms with van der Waals surface area (Å²) in [7, 11) is 0. The number of nitrogens with zero attached hydrogens (tertiary/aromatic N) is 1. The Morgan fingerprint density at radius 2 is 2.29 bits per heavy atom. The molecule has 0 bridgehead atoms. The molecule has 2 rings (SSSR count). The van der Waals surface area contributed by atoms with Gasteiger partial charge in [0.25, 0.3) is 0 Å². The average molecular weight is 316 g/mol. The summed E-state index contributed by atoms with van der Waals surface area (Å²) in [6.45, 7) is 2.43. The average Bonchev–Trinajstić information content (AvgIpc) is 2.62. The highest BCUT2D eigenvalue weighted by Gasteiger charge is 2.07. The zero-order valence-corrected chi connectivity index (χ0v) is 11.5. The Bertz CT molecular complexity index is 542. The number of nitrogens with two attached hydrogens (primary N) is 1. The van der Waals surface area contributed by atoms with E-state index in [4.69, 9.17) is 5.73 Å². The van der Waals surface area contributed by atoms with Crippen LogP contribution in [-0.4, -0.2) is 4.37 Å². The van der Waals surface area contributed by atoms with E-state index >= 15 is 0 Å². The van der Waals surface area contributed by atoms with Crippen molar-refractivity contribution >= 4 is 38.3 Å². The van der Waals surface area contributed by atoms with Crippen LogP contribution in [0.5, 0.6) is 0 Å². The highest BCUT2D eigenvalue weighted by Crippen LogP contribution is 2.27. The number of nitrogens with one attached hydrogen (secondary N) is 1. The maximum absolute atomic E-state index is 13.1. The molecule has 3 N–H and O–H groups in total. The number of hydrogen-bond donors (Lipinski definition) is 2. The van der Waals surface area contributed by atoms with Crippen LogP contribution >= 0.6 is 27.5 Å². The SMILES string of the molecule is Cc1c(N)nsc1NCc1cc(F)ccc1Br. The minimum Gasteiger partial charge on any atom is -0.383 e. The Kier molecular flexibility index (Phi) is 3.63. The van der Waals surface area contributed by atoms with Gasteiger partial charge in [-0.2, -0.15) is 4.37 Å². The molecule has 0 saturated carbocycles. The molecule has 0 atom stereocenters. The molecule has 0 aliphatic heterocycles. The number of nitrogen functional groups attached to an aromatic ring is 1. The van der Waals surface area contributed by atoms with E-state index in [-0.39, 0.29) is 5.82 Å². The molecular formula is C11H11BrFN3S. The smallest absolute Gasteiger partial charge is 0.142 e. The summed E-state index contributed by atoms with van der Waals surface area (Å²) in [4.78, 5) is 0. The summed E-state index contributed by atoms with van der Waals surface area (Å²) >= 11 is 4.69. The summed E-state index contributed by atoms with van der Waals surface area (Å²) in [5.41, 5.74) is 7.44. The van der Waals surface area contributed by atoms with Gasteiger partial charge in [0.05, 0.1) is 0 Å². The van der Waals surface area contributed by atoms with Crippen LogP contribution in [0.3, 0.4) is 0 Å². The molecule has 17 heavy (non-hydrogen) atoms. The fraction of sp³-hybridized carbons (Fsp3) is 0.182. The summed E-state index contributed by atoms with van der Waals surface area (Å²) < 4.78 is 18.0. The van der Waals surface area contributed by atoms with Gasteiger partial charge in [0.2, 0.25) is 0 Å². The van der Waals surface area contributed by atoms with Gasteiger partial charge in [-0.25, -0.2) is 4.39 Å². The molecular weight excluding hydrogens is 305 g/mol. The van der Waals surface area contributed by atoms with Crippen LogP contribution in [0.2, 0.25) is 0 Å². The van der Waals surface area contributed by atoms with Crippen LogP contribution in [-0.2, 0) is 6.54 Å². The van der Waals surface area contributed by atoms with Gasteiger partial charge in [-0.3, -0.25) is 0 Å². The lowest BCUT2D eigenvalue weighted by molar-refractivity contribution is 0.625. The lowest BCUT2D eigenvalue weighted by Gasteiger charge is -2.07. The Labute approximate surface area is 111 Å². The maximum Gasteiger partial charge on any atom is 0.142 e. The summed E-state index contributed by atoms with van der Waals surface area (Å²) in [5.74, 6) is 0.293. The second kappa shape index (κ2) is 5.01. The van der Waals surface area contributed by atoms with Crippen molar-refractivity contribution in [1.29, 1.82) is 0 Å². The Morgan fingerprint density at radius 3 is 2.94 bits per heavy atom. The highest BCUT2D eigenvalue weighted by atomic mass is 79.9. The van der Waals surface area contributed by atoms with E-state index in [1.807, 2.05) is 6.92 Å². The second-order valence-electron chi connectivity index (χ2n) is 3.61. The third-order valence-electron chi connectivity index (χ3n) is 2.41. The third kappa shape index (κ3) is 2.76. The van der Waals surface area contributed by atoms with Crippen LogP contribution in [0, 0.1) is 12.7 Å². The largest absolute Gasteiger partial charge is 0.383 e. The number of benzene rings is 1. The second-order valence-corrected chi connectivity index (χ2v) is 5.24. The lowest BCUT2D eigenvalue weighted by Crippen LogP contribution is -2.00. The van der Waals surface area contributed by atoms with Crippen molar-refractivity contribution in [1.82, 2.24) is 4.37 Å². The Balaban J connectivity index is 2.12. The summed E-state index contributed by atoms with van der Waals surface area (Å²) in [5, 5.41) is 4.11. The Hall–Kier alpha value is -1.14. The van der Waals surface area contributed by atoms with Gasteiger partial charge in [0.15, 0.2) is 0 Å². The first-order valence-corrected chi connectivity index (χ1v) is 6.54. The standard InChI is InChI=1S/C11H11BrFN3S/c1-6-10(14)16-17-11(6)15-5-7-4-8(13)2-3-9(7)12/h2-4,15H,5H2,1H3,(H2,14,16). The molecule has 0 aliphatic rings. The zero-order chi connectivity index (χ0) is 12.4. The predicted molar refractivity (Wildman–Crippen MR) is 72.7 cm³/mol. The third-order valence-corrected chi connectivity index (χ3v) is 4.10. The van der Waals surface area contributed by atoms with E-state index < -0.39 is 0 Å². The van der Waals surface area contributed by atoms with E-state index in [0.717, 1.165) is 20.6 Å². The fourth-order valence-electron chi connectivity index (χ4n) is 1.37. The van der Waals surface area contributed by atoms with Crippen LogP contribution in [0.1, 0.15) is 11.1 Å². The molecule has 2 aromatic rings. The minimum atomic E-state index is -0.245. The van der Waals surface area contributed by atoms with Crippen LogP contribution < -0.4 is 11.1 Å². The topological polar surface area (TPSA) is 50.9 Å². The highest BCUT2D eigenvalue weighted by molar-refractivity contribution is 9.10. The first-order valence-electron chi connectivity index (χ1n) is 4.97.